The summed E-state index contributed by atoms with van der Waals surface area (Å²) in [4.78, 5) is 18.7. The van der Waals surface area contributed by atoms with E-state index in [1.54, 1.807) is 45.3 Å². The molecule has 124 valence electrons. The van der Waals surface area contributed by atoms with Gasteiger partial charge in [-0.2, -0.15) is 0 Å². The minimum atomic E-state index is -3.76. The number of carbonyl (C=O) groups excluding carboxylic acids is 1. The van der Waals surface area contributed by atoms with Crippen LogP contribution in [0.2, 0.25) is 0 Å². The summed E-state index contributed by atoms with van der Waals surface area (Å²) in [5.41, 5.74) is 1.64. The Morgan fingerprint density at radius 3 is 2.74 bits per heavy atom. The molecular formula is C15H19N3O4S. The summed E-state index contributed by atoms with van der Waals surface area (Å²) in [6.45, 7) is 5.21. The largest absolute Gasteiger partial charge is 0.461 e. The van der Waals surface area contributed by atoms with Crippen LogP contribution in [0.1, 0.15) is 34.2 Å². The Morgan fingerprint density at radius 2 is 2.13 bits per heavy atom. The van der Waals surface area contributed by atoms with Gasteiger partial charge in [-0.15, -0.1) is 0 Å². The van der Waals surface area contributed by atoms with Crippen LogP contribution in [0.25, 0.3) is 0 Å². The Hall–Kier alpha value is -2.19. The molecule has 0 aromatic carbocycles. The number of nitrogens with one attached hydrogen (secondary N) is 2. The molecule has 23 heavy (non-hydrogen) atoms. The van der Waals surface area contributed by atoms with Crippen LogP contribution in [-0.4, -0.2) is 31.0 Å². The average Bonchev–Trinajstić information content (AvgIpc) is 2.82. The Balaban J connectivity index is 2.28. The normalized spacial score (nSPS) is 11.4. The maximum Gasteiger partial charge on any atom is 0.355 e. The fourth-order valence-electron chi connectivity index (χ4n) is 2.30. The van der Waals surface area contributed by atoms with Gasteiger partial charge in [-0.05, 0) is 32.4 Å². The van der Waals surface area contributed by atoms with Gasteiger partial charge in [-0.3, -0.25) is 4.98 Å². The van der Waals surface area contributed by atoms with Crippen LogP contribution in [0, 0.1) is 13.8 Å². The van der Waals surface area contributed by atoms with Crippen molar-refractivity contribution in [3.63, 3.8) is 0 Å². The first-order chi connectivity index (χ1) is 10.9. The van der Waals surface area contributed by atoms with E-state index in [9.17, 15) is 13.2 Å². The molecule has 0 spiro atoms. The van der Waals surface area contributed by atoms with Gasteiger partial charge in [0, 0.05) is 30.2 Å². The third-order valence-corrected chi connectivity index (χ3v) is 4.98. The van der Waals surface area contributed by atoms with Gasteiger partial charge in [0.2, 0.25) is 10.0 Å². The second kappa shape index (κ2) is 6.93. The van der Waals surface area contributed by atoms with Crippen molar-refractivity contribution in [3.8, 4) is 0 Å². The van der Waals surface area contributed by atoms with Crippen LogP contribution < -0.4 is 4.72 Å². The summed E-state index contributed by atoms with van der Waals surface area (Å²) in [5, 5.41) is 0. The van der Waals surface area contributed by atoms with Gasteiger partial charge in [-0.25, -0.2) is 17.9 Å². The molecular weight excluding hydrogens is 318 g/mol. The number of aromatic nitrogens is 2. The summed E-state index contributed by atoms with van der Waals surface area (Å²) < 4.78 is 32.5. The highest BCUT2D eigenvalue weighted by atomic mass is 32.2. The van der Waals surface area contributed by atoms with E-state index >= 15 is 0 Å². The van der Waals surface area contributed by atoms with Crippen molar-refractivity contribution >= 4 is 16.0 Å². The average molecular weight is 337 g/mol. The molecule has 2 heterocycles. The molecule has 0 unspecified atom stereocenters. The third-order valence-electron chi connectivity index (χ3n) is 3.31. The van der Waals surface area contributed by atoms with Crippen LogP contribution in [0.15, 0.2) is 29.4 Å². The molecule has 2 aromatic rings. The van der Waals surface area contributed by atoms with Crippen molar-refractivity contribution in [1.29, 1.82) is 0 Å². The number of hydrogen-bond donors (Lipinski definition) is 2. The van der Waals surface area contributed by atoms with E-state index in [1.165, 1.54) is 0 Å². The number of esters is 1. The zero-order valence-corrected chi connectivity index (χ0v) is 14.0. The van der Waals surface area contributed by atoms with E-state index in [0.717, 1.165) is 5.56 Å². The lowest BCUT2D eigenvalue weighted by Crippen LogP contribution is -2.24. The highest BCUT2D eigenvalue weighted by Crippen LogP contribution is 2.23. The molecule has 0 fully saturated rings. The van der Waals surface area contributed by atoms with E-state index in [1.807, 2.05) is 0 Å². The summed E-state index contributed by atoms with van der Waals surface area (Å²) in [7, 11) is -3.76. The molecule has 0 radical (unpaired) electrons. The van der Waals surface area contributed by atoms with Crippen LogP contribution in [0.4, 0.5) is 0 Å². The molecule has 0 saturated carbocycles. The number of aryl methyl sites for hydroxylation is 1. The van der Waals surface area contributed by atoms with Gasteiger partial charge in [-0.1, -0.05) is 6.07 Å². The highest BCUT2D eigenvalue weighted by molar-refractivity contribution is 7.89. The molecule has 0 bridgehead atoms. The number of H-pyrrole nitrogens is 1. The Bertz CT molecular complexity index is 798. The first-order valence-electron chi connectivity index (χ1n) is 7.11. The zero-order valence-electron chi connectivity index (χ0n) is 13.2. The Labute approximate surface area is 135 Å². The van der Waals surface area contributed by atoms with E-state index in [0.29, 0.717) is 11.3 Å². The van der Waals surface area contributed by atoms with Gasteiger partial charge in [0.1, 0.15) is 10.6 Å². The number of nitrogens with zero attached hydrogens (tertiary/aromatic N) is 1. The van der Waals surface area contributed by atoms with Crippen molar-refractivity contribution in [2.24, 2.45) is 0 Å². The number of carbonyl (C=O) groups is 1. The summed E-state index contributed by atoms with van der Waals surface area (Å²) in [6.07, 6.45) is 3.20. The van der Waals surface area contributed by atoms with Gasteiger partial charge >= 0.3 is 5.97 Å². The number of rotatable bonds is 6. The lowest BCUT2D eigenvalue weighted by atomic mass is 10.2. The number of sulfonamides is 1. The monoisotopic (exact) mass is 337 g/mol. The van der Waals surface area contributed by atoms with Gasteiger partial charge < -0.3 is 9.72 Å². The molecule has 2 rings (SSSR count). The van der Waals surface area contributed by atoms with Crippen molar-refractivity contribution < 1.29 is 17.9 Å². The molecule has 0 aliphatic carbocycles. The van der Waals surface area contributed by atoms with Gasteiger partial charge in [0.15, 0.2) is 0 Å². The SMILES string of the molecule is CCOC(=O)c1[nH]c(C)c(S(=O)(=O)NCc2cccnc2)c1C. The van der Waals surface area contributed by atoms with Crippen molar-refractivity contribution in [2.75, 3.05) is 6.61 Å². The zero-order chi connectivity index (χ0) is 17.0. The van der Waals surface area contributed by atoms with Crippen LogP contribution in [-0.2, 0) is 21.3 Å². The van der Waals surface area contributed by atoms with E-state index in [2.05, 4.69) is 14.7 Å². The smallest absolute Gasteiger partial charge is 0.355 e. The second-order valence-electron chi connectivity index (χ2n) is 4.99. The fourth-order valence-corrected chi connectivity index (χ4v) is 3.76. The van der Waals surface area contributed by atoms with E-state index < -0.39 is 16.0 Å². The van der Waals surface area contributed by atoms with Crippen LogP contribution in [0.3, 0.4) is 0 Å². The minimum absolute atomic E-state index is 0.0736. The molecule has 2 aromatic heterocycles. The molecule has 0 atom stereocenters. The van der Waals surface area contributed by atoms with Gasteiger partial charge in [0.25, 0.3) is 0 Å². The van der Waals surface area contributed by atoms with Crippen molar-refractivity contribution in [1.82, 2.24) is 14.7 Å². The van der Waals surface area contributed by atoms with E-state index in [-0.39, 0.29) is 23.7 Å². The predicted molar refractivity (Wildman–Crippen MR) is 84.5 cm³/mol. The summed E-state index contributed by atoms with van der Waals surface area (Å²) in [5.74, 6) is -0.568. The van der Waals surface area contributed by atoms with Gasteiger partial charge in [0.05, 0.1) is 6.61 Å². The van der Waals surface area contributed by atoms with Crippen molar-refractivity contribution in [3.05, 3.63) is 47.0 Å². The maximum absolute atomic E-state index is 12.5. The van der Waals surface area contributed by atoms with Crippen molar-refractivity contribution in [2.45, 2.75) is 32.2 Å². The number of ether oxygens (including phenoxy) is 1. The molecule has 0 aliphatic rings. The fraction of sp³-hybridized carbons (Fsp3) is 0.333. The number of aromatic amines is 1. The summed E-state index contributed by atoms with van der Waals surface area (Å²) in [6, 6.07) is 3.51. The topological polar surface area (TPSA) is 101 Å². The Morgan fingerprint density at radius 1 is 1.39 bits per heavy atom. The molecule has 0 aliphatic heterocycles. The molecule has 2 N–H and O–H groups in total. The number of hydrogen-bond acceptors (Lipinski definition) is 5. The summed E-state index contributed by atoms with van der Waals surface area (Å²) >= 11 is 0. The Kier molecular flexibility index (Phi) is 5.17. The molecule has 0 saturated heterocycles. The third kappa shape index (κ3) is 3.77. The first kappa shape index (κ1) is 17.2. The first-order valence-corrected chi connectivity index (χ1v) is 8.60. The maximum atomic E-state index is 12.5. The molecule has 7 nitrogen and oxygen atoms in total. The van der Waals surface area contributed by atoms with Crippen LogP contribution >= 0.6 is 0 Å². The van der Waals surface area contributed by atoms with E-state index in [4.69, 9.17) is 4.74 Å². The minimum Gasteiger partial charge on any atom is -0.461 e. The number of pyridine rings is 1. The standard InChI is InChI=1S/C15H19N3O4S/c1-4-22-15(19)13-10(2)14(11(3)18-13)23(20,21)17-9-12-6-5-7-16-8-12/h5-8,17-18H,4,9H2,1-3H3. The molecule has 0 amide bonds. The lowest BCUT2D eigenvalue weighted by Gasteiger charge is -2.07. The second-order valence-corrected chi connectivity index (χ2v) is 6.69. The highest BCUT2D eigenvalue weighted by Gasteiger charge is 2.26. The predicted octanol–water partition coefficient (Wildman–Crippen LogP) is 1.68. The molecule has 8 heteroatoms. The van der Waals surface area contributed by atoms with Crippen LogP contribution in [0.5, 0.6) is 0 Å². The quantitative estimate of drug-likeness (QED) is 0.781. The lowest BCUT2D eigenvalue weighted by molar-refractivity contribution is 0.0519.